The van der Waals surface area contributed by atoms with Crippen LogP contribution in [0.5, 0.6) is 0 Å². The first-order valence-electron chi connectivity index (χ1n) is 5.66. The summed E-state index contributed by atoms with van der Waals surface area (Å²) in [4.78, 5) is 8.57. The standard InChI is InChI=1S/C11H13N7/c1-17-10-2-4-13-6-8(10)14-11(17)9-7-18(5-3-12)16-15-9/h2,4,6-7H,3,5,12H2,1H3. The van der Waals surface area contributed by atoms with Crippen LogP contribution in [0, 0.1) is 0 Å². The fourth-order valence-corrected chi connectivity index (χ4v) is 1.92. The minimum absolute atomic E-state index is 0.537. The van der Waals surface area contributed by atoms with E-state index < -0.39 is 0 Å². The van der Waals surface area contributed by atoms with E-state index >= 15 is 0 Å². The number of fused-ring (bicyclic) bond motifs is 1. The molecule has 2 N–H and O–H groups in total. The topological polar surface area (TPSA) is 87.4 Å². The normalized spacial score (nSPS) is 11.2. The summed E-state index contributed by atoms with van der Waals surface area (Å²) < 4.78 is 3.70. The number of pyridine rings is 1. The van der Waals surface area contributed by atoms with Gasteiger partial charge in [0.05, 0.1) is 24.5 Å². The highest BCUT2D eigenvalue weighted by Crippen LogP contribution is 2.20. The molecular weight excluding hydrogens is 230 g/mol. The van der Waals surface area contributed by atoms with Crippen molar-refractivity contribution in [1.82, 2.24) is 29.5 Å². The Morgan fingerprint density at radius 2 is 2.28 bits per heavy atom. The van der Waals surface area contributed by atoms with Crippen LogP contribution in [0.3, 0.4) is 0 Å². The highest BCUT2D eigenvalue weighted by Gasteiger charge is 2.12. The quantitative estimate of drug-likeness (QED) is 0.709. The van der Waals surface area contributed by atoms with Crippen molar-refractivity contribution in [2.75, 3.05) is 6.54 Å². The number of hydrogen-bond donors (Lipinski definition) is 1. The Hall–Kier alpha value is -2.28. The number of nitrogens with zero attached hydrogens (tertiary/aromatic N) is 6. The second-order valence-electron chi connectivity index (χ2n) is 4.01. The van der Waals surface area contributed by atoms with Gasteiger partial charge < -0.3 is 10.3 Å². The molecule has 0 saturated carbocycles. The maximum absolute atomic E-state index is 5.48. The molecule has 0 radical (unpaired) electrons. The summed E-state index contributed by atoms with van der Waals surface area (Å²) in [5.41, 5.74) is 8.09. The molecule has 0 bridgehead atoms. The van der Waals surface area contributed by atoms with Crippen LogP contribution in [-0.2, 0) is 13.6 Å². The van der Waals surface area contributed by atoms with Crippen molar-refractivity contribution in [2.45, 2.75) is 6.54 Å². The van der Waals surface area contributed by atoms with E-state index in [4.69, 9.17) is 5.73 Å². The summed E-state index contributed by atoms with van der Waals surface area (Å²) >= 11 is 0. The molecule has 0 spiro atoms. The molecule has 0 atom stereocenters. The Morgan fingerprint density at radius 3 is 3.06 bits per heavy atom. The summed E-state index contributed by atoms with van der Waals surface area (Å²) in [6.07, 6.45) is 5.34. The molecule has 92 valence electrons. The molecule has 0 fully saturated rings. The molecule has 0 amide bonds. The van der Waals surface area contributed by atoms with E-state index in [2.05, 4.69) is 20.3 Å². The van der Waals surface area contributed by atoms with Crippen LogP contribution in [0.4, 0.5) is 0 Å². The van der Waals surface area contributed by atoms with Crippen LogP contribution in [0.25, 0.3) is 22.6 Å². The SMILES string of the molecule is Cn1c(-c2cn(CCN)nn2)nc2cnccc21. The number of rotatable bonds is 3. The summed E-state index contributed by atoms with van der Waals surface area (Å²) in [6, 6.07) is 1.93. The highest BCUT2D eigenvalue weighted by molar-refractivity contribution is 5.78. The molecule has 0 aliphatic heterocycles. The Kier molecular flexibility index (Phi) is 2.52. The molecule has 3 aromatic rings. The molecule has 18 heavy (non-hydrogen) atoms. The number of nitrogens with two attached hydrogens (primary N) is 1. The van der Waals surface area contributed by atoms with Crippen molar-refractivity contribution in [3.63, 3.8) is 0 Å². The minimum Gasteiger partial charge on any atom is -0.329 e. The zero-order chi connectivity index (χ0) is 12.5. The van der Waals surface area contributed by atoms with E-state index in [1.54, 1.807) is 17.1 Å². The molecule has 3 aromatic heterocycles. The van der Waals surface area contributed by atoms with Crippen LogP contribution < -0.4 is 5.73 Å². The second-order valence-corrected chi connectivity index (χ2v) is 4.01. The van der Waals surface area contributed by atoms with E-state index in [1.807, 2.05) is 23.9 Å². The number of aryl methyl sites for hydroxylation is 1. The molecule has 0 saturated heterocycles. The summed E-state index contributed by atoms with van der Waals surface area (Å²) in [7, 11) is 1.95. The van der Waals surface area contributed by atoms with E-state index in [-0.39, 0.29) is 0 Å². The van der Waals surface area contributed by atoms with Crippen LogP contribution >= 0.6 is 0 Å². The predicted molar refractivity (Wildman–Crippen MR) is 66.6 cm³/mol. The third kappa shape index (κ3) is 1.65. The summed E-state index contributed by atoms with van der Waals surface area (Å²) in [5.74, 6) is 0.779. The van der Waals surface area contributed by atoms with Crippen molar-refractivity contribution in [3.8, 4) is 11.5 Å². The van der Waals surface area contributed by atoms with E-state index in [1.165, 1.54) is 0 Å². The van der Waals surface area contributed by atoms with Gasteiger partial charge in [-0.2, -0.15) is 0 Å². The second kappa shape index (κ2) is 4.19. The highest BCUT2D eigenvalue weighted by atomic mass is 15.4. The molecule has 7 heteroatoms. The van der Waals surface area contributed by atoms with Crippen molar-refractivity contribution >= 4 is 11.0 Å². The molecule has 0 aliphatic rings. The summed E-state index contributed by atoms with van der Waals surface area (Å²) in [6.45, 7) is 1.19. The third-order valence-electron chi connectivity index (χ3n) is 2.81. The lowest BCUT2D eigenvalue weighted by Crippen LogP contribution is -2.10. The van der Waals surface area contributed by atoms with Gasteiger partial charge in [0, 0.05) is 19.8 Å². The number of imidazole rings is 1. The molecule has 7 nitrogen and oxygen atoms in total. The predicted octanol–water partition coefficient (Wildman–Crippen LogP) is 0.185. The van der Waals surface area contributed by atoms with Crippen molar-refractivity contribution in [1.29, 1.82) is 0 Å². The molecule has 0 aliphatic carbocycles. The average Bonchev–Trinajstić information content (AvgIpc) is 2.96. The lowest BCUT2D eigenvalue weighted by atomic mass is 10.4. The van der Waals surface area contributed by atoms with E-state index in [9.17, 15) is 0 Å². The Bertz CT molecular complexity index is 682. The van der Waals surface area contributed by atoms with E-state index in [0.29, 0.717) is 13.1 Å². The zero-order valence-electron chi connectivity index (χ0n) is 9.98. The van der Waals surface area contributed by atoms with Crippen LogP contribution in [0.2, 0.25) is 0 Å². The average molecular weight is 243 g/mol. The first-order chi connectivity index (χ1) is 8.79. The monoisotopic (exact) mass is 243 g/mol. The Morgan fingerprint density at radius 1 is 1.39 bits per heavy atom. The maximum Gasteiger partial charge on any atom is 0.163 e. The van der Waals surface area contributed by atoms with Gasteiger partial charge in [-0.05, 0) is 6.07 Å². The van der Waals surface area contributed by atoms with Gasteiger partial charge in [-0.15, -0.1) is 5.10 Å². The molecular formula is C11H13N7. The minimum atomic E-state index is 0.537. The molecule has 3 heterocycles. The molecule has 0 unspecified atom stereocenters. The van der Waals surface area contributed by atoms with Crippen molar-refractivity contribution < 1.29 is 0 Å². The zero-order valence-corrected chi connectivity index (χ0v) is 9.98. The first-order valence-corrected chi connectivity index (χ1v) is 5.66. The lowest BCUT2D eigenvalue weighted by Gasteiger charge is -1.97. The van der Waals surface area contributed by atoms with Crippen molar-refractivity contribution in [2.24, 2.45) is 12.8 Å². The molecule has 0 aromatic carbocycles. The Labute approximate surface area is 103 Å². The smallest absolute Gasteiger partial charge is 0.163 e. The van der Waals surface area contributed by atoms with Gasteiger partial charge in [-0.3, -0.25) is 9.67 Å². The van der Waals surface area contributed by atoms with Gasteiger partial charge in [0.25, 0.3) is 0 Å². The fourth-order valence-electron chi connectivity index (χ4n) is 1.92. The number of hydrogen-bond acceptors (Lipinski definition) is 5. The lowest BCUT2D eigenvalue weighted by molar-refractivity contribution is 0.598. The van der Waals surface area contributed by atoms with Crippen LogP contribution in [0.15, 0.2) is 24.7 Å². The van der Waals surface area contributed by atoms with Crippen molar-refractivity contribution in [3.05, 3.63) is 24.7 Å². The summed E-state index contributed by atoms with van der Waals surface area (Å²) in [5, 5.41) is 8.13. The Balaban J connectivity index is 2.10. The van der Waals surface area contributed by atoms with Gasteiger partial charge in [0.1, 0.15) is 11.2 Å². The van der Waals surface area contributed by atoms with E-state index in [0.717, 1.165) is 22.6 Å². The molecule has 3 rings (SSSR count). The fraction of sp³-hybridized carbons (Fsp3) is 0.273. The van der Waals surface area contributed by atoms with Gasteiger partial charge in [-0.25, -0.2) is 4.98 Å². The van der Waals surface area contributed by atoms with Crippen LogP contribution in [0.1, 0.15) is 0 Å². The van der Waals surface area contributed by atoms with Gasteiger partial charge in [0.15, 0.2) is 5.82 Å². The maximum atomic E-state index is 5.48. The largest absolute Gasteiger partial charge is 0.329 e. The van der Waals surface area contributed by atoms with Crippen LogP contribution in [-0.4, -0.2) is 36.1 Å². The van der Waals surface area contributed by atoms with Gasteiger partial charge >= 0.3 is 0 Å². The van der Waals surface area contributed by atoms with Gasteiger partial charge in [0.2, 0.25) is 0 Å². The number of aromatic nitrogens is 6. The third-order valence-corrected chi connectivity index (χ3v) is 2.81. The first kappa shape index (κ1) is 10.8. The van der Waals surface area contributed by atoms with Gasteiger partial charge in [-0.1, -0.05) is 5.21 Å².